The lowest BCUT2D eigenvalue weighted by atomic mass is 9.92. The minimum absolute atomic E-state index is 0.0757. The lowest BCUT2D eigenvalue weighted by Gasteiger charge is -2.15. The van der Waals surface area contributed by atoms with Crippen molar-refractivity contribution in [2.45, 2.75) is 70.0 Å². The Morgan fingerprint density at radius 2 is 2.03 bits per heavy atom. The summed E-state index contributed by atoms with van der Waals surface area (Å²) < 4.78 is 6.11. The van der Waals surface area contributed by atoms with Crippen LogP contribution in [0.1, 0.15) is 71.9 Å². The smallest absolute Gasteiger partial charge is 0.304 e. The van der Waals surface area contributed by atoms with Crippen LogP contribution in [-0.4, -0.2) is 27.3 Å². The van der Waals surface area contributed by atoms with Gasteiger partial charge in [0.25, 0.3) is 0 Å². The maximum Gasteiger partial charge on any atom is 0.304 e. The number of carboxylic acids is 1. The van der Waals surface area contributed by atoms with Crippen LogP contribution >= 0.6 is 0 Å². The zero-order valence-electron chi connectivity index (χ0n) is 17.9. The molecule has 0 amide bonds. The molecule has 0 aliphatic heterocycles. The van der Waals surface area contributed by atoms with Crippen molar-refractivity contribution in [3.05, 3.63) is 64.3 Å². The maximum absolute atomic E-state index is 11.1. The van der Waals surface area contributed by atoms with Gasteiger partial charge in [0, 0.05) is 22.5 Å². The van der Waals surface area contributed by atoms with E-state index in [0.717, 1.165) is 60.0 Å². The van der Waals surface area contributed by atoms with E-state index >= 15 is 0 Å². The van der Waals surface area contributed by atoms with Crippen molar-refractivity contribution < 1.29 is 19.7 Å². The van der Waals surface area contributed by atoms with Crippen molar-refractivity contribution in [2.24, 2.45) is 0 Å². The van der Waals surface area contributed by atoms with Gasteiger partial charge in [-0.05, 0) is 85.4 Å². The first kappa shape index (κ1) is 20.1. The van der Waals surface area contributed by atoms with Crippen LogP contribution in [0.2, 0.25) is 0 Å². The molecule has 31 heavy (non-hydrogen) atoms. The molecule has 0 bridgehead atoms. The summed E-state index contributed by atoms with van der Waals surface area (Å²) in [5, 5.41) is 20.1. The van der Waals surface area contributed by atoms with E-state index in [1.54, 1.807) is 0 Å². The Balaban J connectivity index is 1.30. The number of aryl methyl sites for hydroxylation is 2. The number of aromatic nitrogens is 1. The molecule has 1 saturated carbocycles. The number of benzene rings is 2. The number of carboxylic acid groups (broad SMARTS) is 1. The molecule has 162 valence electrons. The number of ether oxygens (including phenoxy) is 1. The zero-order chi connectivity index (χ0) is 21.5. The molecule has 2 aromatic carbocycles. The van der Waals surface area contributed by atoms with Crippen molar-refractivity contribution in [1.29, 1.82) is 0 Å². The number of nitrogens with one attached hydrogen (secondary N) is 1. The van der Waals surface area contributed by atoms with Gasteiger partial charge in [-0.3, -0.25) is 4.79 Å². The average Bonchev–Trinajstić information content (AvgIpc) is 3.42. The number of hydrogen-bond donors (Lipinski definition) is 3. The molecule has 0 spiro atoms. The number of hydrogen-bond acceptors (Lipinski definition) is 3. The highest BCUT2D eigenvalue weighted by Gasteiger charge is 2.28. The number of fused-ring (bicyclic) bond motifs is 3. The molecule has 2 aliphatic carbocycles. The summed E-state index contributed by atoms with van der Waals surface area (Å²) in [7, 11) is 0. The van der Waals surface area contributed by atoms with Gasteiger partial charge in [0.1, 0.15) is 12.4 Å². The van der Waals surface area contributed by atoms with E-state index in [9.17, 15) is 9.90 Å². The number of aromatic amines is 1. The van der Waals surface area contributed by atoms with Crippen molar-refractivity contribution in [2.75, 3.05) is 0 Å². The molecule has 2 aliphatic rings. The Hall–Kier alpha value is -2.79. The number of rotatable bonds is 6. The fraction of sp³-hybridized carbons (Fsp3) is 0.423. The Labute approximate surface area is 182 Å². The van der Waals surface area contributed by atoms with Crippen molar-refractivity contribution >= 4 is 16.9 Å². The minimum Gasteiger partial charge on any atom is -0.489 e. The van der Waals surface area contributed by atoms with Crippen molar-refractivity contribution in [1.82, 2.24) is 4.98 Å². The summed E-state index contributed by atoms with van der Waals surface area (Å²) in [6.45, 7) is 2.65. The van der Waals surface area contributed by atoms with Crippen LogP contribution in [0, 0.1) is 6.92 Å². The molecular formula is C26H29NO4. The van der Waals surface area contributed by atoms with E-state index in [1.165, 1.54) is 16.7 Å². The summed E-state index contributed by atoms with van der Waals surface area (Å²) in [5.41, 5.74) is 7.12. The fourth-order valence-electron chi connectivity index (χ4n) is 5.53. The van der Waals surface area contributed by atoms with Crippen LogP contribution in [-0.2, 0) is 17.8 Å². The highest BCUT2D eigenvalue weighted by molar-refractivity contribution is 5.87. The molecule has 3 N–H and O–H groups in total. The number of carbonyl (C=O) groups is 1. The third-order valence-corrected chi connectivity index (χ3v) is 7.07. The minimum atomic E-state index is -0.744. The molecule has 5 nitrogen and oxygen atoms in total. The van der Waals surface area contributed by atoms with Gasteiger partial charge in [0.05, 0.1) is 12.5 Å². The van der Waals surface area contributed by atoms with Gasteiger partial charge in [0.15, 0.2) is 0 Å². The SMILES string of the molecule is Cc1cc(COc2ccc3[nH]c4c(c3c2)CC[C@@H]4CC(=O)O)ccc1[C@H]1CC[C@H](O)C1. The van der Waals surface area contributed by atoms with Crippen LogP contribution < -0.4 is 4.74 Å². The molecule has 0 saturated heterocycles. The standard InChI is InChI=1S/C26H29NO4/c1-15-10-16(2-7-21(15)17-3-5-19(28)11-17)14-31-20-6-9-24-23(13-20)22-8-4-18(12-25(29)30)26(22)27-24/h2,6-7,9-10,13,17-19,27-28H,3-5,8,11-12,14H2,1H3,(H,29,30)/t17-,18+,19-/m0/s1. The average molecular weight is 420 g/mol. The van der Waals surface area contributed by atoms with Crippen LogP contribution in [0.3, 0.4) is 0 Å². The van der Waals surface area contributed by atoms with Gasteiger partial charge in [0.2, 0.25) is 0 Å². The summed E-state index contributed by atoms with van der Waals surface area (Å²) in [5.74, 6) is 0.627. The second kappa shape index (κ2) is 8.04. The summed E-state index contributed by atoms with van der Waals surface area (Å²) in [4.78, 5) is 14.6. The van der Waals surface area contributed by atoms with Gasteiger partial charge < -0.3 is 19.9 Å². The first-order valence-corrected chi connectivity index (χ1v) is 11.2. The quantitative estimate of drug-likeness (QED) is 0.514. The second-order valence-electron chi connectivity index (χ2n) is 9.20. The molecule has 1 fully saturated rings. The molecule has 3 aromatic rings. The summed E-state index contributed by atoms with van der Waals surface area (Å²) >= 11 is 0. The van der Waals surface area contributed by atoms with E-state index in [4.69, 9.17) is 9.84 Å². The Morgan fingerprint density at radius 1 is 1.16 bits per heavy atom. The number of aliphatic carboxylic acids is 1. The highest BCUT2D eigenvalue weighted by Crippen LogP contribution is 2.40. The van der Waals surface area contributed by atoms with Crippen LogP contribution in [0.15, 0.2) is 36.4 Å². The van der Waals surface area contributed by atoms with E-state index in [2.05, 4.69) is 36.2 Å². The van der Waals surface area contributed by atoms with Gasteiger partial charge in [-0.25, -0.2) is 0 Å². The maximum atomic E-state index is 11.1. The predicted octanol–water partition coefficient (Wildman–Crippen LogP) is 5.19. The van der Waals surface area contributed by atoms with Crippen molar-refractivity contribution in [3.63, 3.8) is 0 Å². The highest BCUT2D eigenvalue weighted by atomic mass is 16.5. The van der Waals surface area contributed by atoms with Gasteiger partial charge in [-0.1, -0.05) is 18.2 Å². The Bertz CT molecular complexity index is 1130. The normalized spacial score (nSPS) is 22.7. The third-order valence-electron chi connectivity index (χ3n) is 7.07. The lowest BCUT2D eigenvalue weighted by Crippen LogP contribution is -2.03. The largest absolute Gasteiger partial charge is 0.489 e. The second-order valence-corrected chi connectivity index (χ2v) is 9.20. The first-order valence-electron chi connectivity index (χ1n) is 11.2. The van der Waals surface area contributed by atoms with Gasteiger partial charge in [-0.15, -0.1) is 0 Å². The van der Waals surface area contributed by atoms with E-state index < -0.39 is 5.97 Å². The Kier molecular flexibility index (Phi) is 5.22. The zero-order valence-corrected chi connectivity index (χ0v) is 17.9. The monoisotopic (exact) mass is 419 g/mol. The number of H-pyrrole nitrogens is 1. The number of aliphatic hydroxyl groups is 1. The lowest BCUT2D eigenvalue weighted by molar-refractivity contribution is -0.137. The molecule has 5 rings (SSSR count). The number of aliphatic hydroxyl groups excluding tert-OH is 1. The molecule has 0 radical (unpaired) electrons. The van der Waals surface area contributed by atoms with E-state index in [1.807, 2.05) is 12.1 Å². The van der Waals surface area contributed by atoms with Gasteiger partial charge >= 0.3 is 5.97 Å². The molecule has 3 atom stereocenters. The molecule has 1 heterocycles. The van der Waals surface area contributed by atoms with Crippen LogP contribution in [0.25, 0.3) is 10.9 Å². The van der Waals surface area contributed by atoms with Crippen LogP contribution in [0.4, 0.5) is 0 Å². The fourth-order valence-corrected chi connectivity index (χ4v) is 5.53. The Morgan fingerprint density at radius 3 is 2.77 bits per heavy atom. The van der Waals surface area contributed by atoms with E-state index in [0.29, 0.717) is 12.5 Å². The van der Waals surface area contributed by atoms with Crippen molar-refractivity contribution in [3.8, 4) is 5.75 Å². The van der Waals surface area contributed by atoms with E-state index in [-0.39, 0.29) is 18.4 Å². The molecule has 5 heteroatoms. The van der Waals surface area contributed by atoms with Gasteiger partial charge in [-0.2, -0.15) is 0 Å². The molecular weight excluding hydrogens is 390 g/mol. The molecule has 1 aromatic heterocycles. The summed E-state index contributed by atoms with van der Waals surface area (Å²) in [6, 6.07) is 12.6. The summed E-state index contributed by atoms with van der Waals surface area (Å²) in [6.07, 6.45) is 4.65. The molecule has 0 unspecified atom stereocenters. The third kappa shape index (κ3) is 3.94. The van der Waals surface area contributed by atoms with Crippen LogP contribution in [0.5, 0.6) is 5.75 Å². The topological polar surface area (TPSA) is 82.6 Å². The first-order chi connectivity index (χ1) is 15.0. The predicted molar refractivity (Wildman–Crippen MR) is 120 cm³/mol.